The zero-order chi connectivity index (χ0) is 23.9. The molecule has 0 bridgehead atoms. The number of Topliss-reactive ketones (excluding diaryl/α,β-unsaturated/α-hetero) is 1. The van der Waals surface area contributed by atoms with Crippen molar-refractivity contribution in [2.45, 2.75) is 70.7 Å². The second kappa shape index (κ2) is 25.2. The van der Waals surface area contributed by atoms with E-state index in [1.807, 2.05) is 13.8 Å². The SMILES string of the molecule is C.C.C.CC(=O)C(C)=C[O-].CCOC(=O)C(N=O)=C(C)O.CCOC(=O)c1cc(C)c(C)[nH]1.[Na+]. The van der Waals surface area contributed by atoms with E-state index < -0.39 is 17.4 Å². The van der Waals surface area contributed by atoms with Crippen LogP contribution in [-0.4, -0.2) is 41.0 Å². The molecule has 1 rings (SSSR count). The van der Waals surface area contributed by atoms with Crippen molar-refractivity contribution in [3.8, 4) is 0 Å². The van der Waals surface area contributed by atoms with Crippen molar-refractivity contribution in [2.75, 3.05) is 13.2 Å². The van der Waals surface area contributed by atoms with E-state index >= 15 is 0 Å². The van der Waals surface area contributed by atoms with Crippen LogP contribution in [0, 0.1) is 18.8 Å². The molecule has 0 fully saturated rings. The Balaban J connectivity index is -0.0000000842. The number of carbonyl (C=O) groups is 3. The average Bonchev–Trinajstić information content (AvgIpc) is 3.01. The number of hydrogen-bond acceptors (Lipinski definition) is 9. The number of aromatic nitrogens is 1. The quantitative estimate of drug-likeness (QED) is 0.198. The molecular weight excluding hydrogens is 455 g/mol. The number of nitroso groups, excluding NO2 is 1. The topological polar surface area (TPSA) is 158 Å². The fourth-order valence-corrected chi connectivity index (χ4v) is 1.51. The summed E-state index contributed by atoms with van der Waals surface area (Å²) in [5, 5.41) is 20.7. The third-order valence-electron chi connectivity index (χ3n) is 3.40. The van der Waals surface area contributed by atoms with Crippen molar-refractivity contribution in [2.24, 2.45) is 5.18 Å². The van der Waals surface area contributed by atoms with Crippen molar-refractivity contribution in [1.82, 2.24) is 4.98 Å². The van der Waals surface area contributed by atoms with E-state index in [9.17, 15) is 24.4 Å². The van der Waals surface area contributed by atoms with Gasteiger partial charge in [0.15, 0.2) is 5.78 Å². The van der Waals surface area contributed by atoms with Gasteiger partial charge in [-0.2, -0.15) is 0 Å². The van der Waals surface area contributed by atoms with E-state index in [0.29, 0.717) is 18.6 Å². The molecule has 0 aromatic carbocycles. The summed E-state index contributed by atoms with van der Waals surface area (Å²) in [6.07, 6.45) is 0.558. The number of nitrogens with one attached hydrogen (secondary N) is 1. The number of ether oxygens (including phenoxy) is 2. The van der Waals surface area contributed by atoms with Crippen molar-refractivity contribution in [1.29, 1.82) is 0 Å². The Hall–Kier alpha value is -2.43. The Bertz CT molecular complexity index is 775. The minimum atomic E-state index is -0.900. The molecule has 0 saturated carbocycles. The van der Waals surface area contributed by atoms with E-state index in [1.165, 1.54) is 20.8 Å². The molecule has 0 aliphatic heterocycles. The number of allylic oxidation sites excluding steroid dienone is 2. The Morgan fingerprint density at radius 1 is 1.06 bits per heavy atom. The number of aromatic amines is 1. The molecule has 0 radical (unpaired) electrons. The minimum Gasteiger partial charge on any atom is -0.878 e. The molecule has 0 aliphatic rings. The third-order valence-corrected chi connectivity index (χ3v) is 3.40. The van der Waals surface area contributed by atoms with Crippen LogP contribution in [0.15, 0.2) is 34.5 Å². The van der Waals surface area contributed by atoms with Gasteiger partial charge in [-0.05, 0) is 70.8 Å². The van der Waals surface area contributed by atoms with Crippen LogP contribution >= 0.6 is 0 Å². The number of nitrogens with zero attached hydrogens (tertiary/aromatic N) is 1. The van der Waals surface area contributed by atoms with E-state index in [-0.39, 0.29) is 75.8 Å². The Labute approximate surface area is 226 Å². The first kappa shape index (κ1) is 45.1. The Morgan fingerprint density at radius 3 is 1.76 bits per heavy atom. The summed E-state index contributed by atoms with van der Waals surface area (Å²) in [6.45, 7) is 11.9. The second-order valence-corrected chi connectivity index (χ2v) is 5.81. The molecule has 0 unspecified atom stereocenters. The fourth-order valence-electron chi connectivity index (χ4n) is 1.51. The second-order valence-electron chi connectivity index (χ2n) is 5.81. The minimum absolute atomic E-state index is 0. The normalized spacial score (nSPS) is 9.68. The first-order valence-corrected chi connectivity index (χ1v) is 8.99. The average molecular weight is 497 g/mol. The third kappa shape index (κ3) is 19.1. The van der Waals surface area contributed by atoms with Gasteiger partial charge >= 0.3 is 41.5 Å². The van der Waals surface area contributed by atoms with Crippen molar-refractivity contribution >= 4 is 17.7 Å². The summed E-state index contributed by atoms with van der Waals surface area (Å²) >= 11 is 0. The molecule has 2 N–H and O–H groups in total. The van der Waals surface area contributed by atoms with E-state index in [1.54, 1.807) is 19.9 Å². The molecule has 11 heteroatoms. The summed E-state index contributed by atoms with van der Waals surface area (Å²) in [7, 11) is 0. The van der Waals surface area contributed by atoms with Gasteiger partial charge in [-0.15, -0.1) is 11.2 Å². The maximum absolute atomic E-state index is 11.2. The standard InChI is InChI=1S/C9H13NO2.C6H9NO4.C5H8O2.3CH4.Na/c1-4-12-9(11)8-5-6(2)7(3)10-8;1-3-11-6(9)5(7-10)4(2)8;1-4(3-6)5(2)7;;;;/h5,10H,4H2,1-3H3;8H,3H2,1-2H3;3,6H,1-2H3;3*1H4;/q;;;;;;+1/p-1. The van der Waals surface area contributed by atoms with Gasteiger partial charge in [-0.1, -0.05) is 22.3 Å². The predicted octanol–water partition coefficient (Wildman–Crippen LogP) is 1.67. The number of aliphatic hydroxyl groups excluding tert-OH is 1. The Kier molecular flexibility index (Phi) is 33.4. The maximum atomic E-state index is 11.2. The number of rotatable bonds is 6. The monoisotopic (exact) mass is 496 g/mol. The zero-order valence-electron chi connectivity index (χ0n) is 19.3. The maximum Gasteiger partial charge on any atom is 1.00 e. The molecule has 0 amide bonds. The van der Waals surface area contributed by atoms with Crippen LogP contribution in [0.2, 0.25) is 0 Å². The van der Waals surface area contributed by atoms with Crippen LogP contribution in [0.1, 0.15) is 78.6 Å². The van der Waals surface area contributed by atoms with Gasteiger partial charge in [-0.25, -0.2) is 9.59 Å². The summed E-state index contributed by atoms with van der Waals surface area (Å²) < 4.78 is 9.23. The summed E-state index contributed by atoms with van der Waals surface area (Å²) in [5.41, 5.74) is 2.33. The first-order chi connectivity index (χ1) is 14.0. The van der Waals surface area contributed by atoms with Gasteiger partial charge in [0.1, 0.15) is 11.5 Å². The largest absolute Gasteiger partial charge is 1.00 e. The molecule has 192 valence electrons. The molecule has 10 nitrogen and oxygen atoms in total. The van der Waals surface area contributed by atoms with Crippen molar-refractivity contribution in [3.05, 3.63) is 51.2 Å². The number of H-pyrrole nitrogens is 1. The van der Waals surface area contributed by atoms with Crippen molar-refractivity contribution in [3.63, 3.8) is 0 Å². The molecule has 1 aromatic heterocycles. The van der Waals surface area contributed by atoms with Crippen LogP contribution in [0.5, 0.6) is 0 Å². The number of aryl methyl sites for hydroxylation is 2. The molecule has 1 heterocycles. The van der Waals surface area contributed by atoms with Crippen LogP contribution < -0.4 is 34.7 Å². The number of ketones is 1. The molecule has 0 spiro atoms. The van der Waals surface area contributed by atoms with Gasteiger partial charge in [0.25, 0.3) is 0 Å². The molecular formula is C23H41N2NaO8. The van der Waals surface area contributed by atoms with Crippen LogP contribution in [-0.2, 0) is 19.1 Å². The van der Waals surface area contributed by atoms with Gasteiger partial charge in [0.2, 0.25) is 5.70 Å². The molecule has 0 atom stereocenters. The Morgan fingerprint density at radius 2 is 1.53 bits per heavy atom. The van der Waals surface area contributed by atoms with Crippen molar-refractivity contribution < 1.29 is 63.6 Å². The summed E-state index contributed by atoms with van der Waals surface area (Å²) in [6, 6.07) is 1.80. The number of hydrogen-bond donors (Lipinski definition) is 2. The molecule has 0 saturated heterocycles. The number of aliphatic hydroxyl groups is 1. The zero-order valence-corrected chi connectivity index (χ0v) is 21.3. The summed E-state index contributed by atoms with van der Waals surface area (Å²) in [4.78, 5) is 44.8. The number of carbonyl (C=O) groups excluding carboxylic acids is 3. The van der Waals surface area contributed by atoms with Gasteiger partial charge < -0.3 is 24.7 Å². The van der Waals surface area contributed by atoms with Crippen LogP contribution in [0.25, 0.3) is 0 Å². The predicted molar refractivity (Wildman–Crippen MR) is 129 cm³/mol. The van der Waals surface area contributed by atoms with E-state index in [4.69, 9.17) is 9.84 Å². The van der Waals surface area contributed by atoms with Crippen LogP contribution in [0.3, 0.4) is 0 Å². The first-order valence-electron chi connectivity index (χ1n) is 8.99. The van der Waals surface area contributed by atoms with E-state index in [2.05, 4.69) is 14.9 Å². The smallest absolute Gasteiger partial charge is 0.878 e. The molecule has 34 heavy (non-hydrogen) atoms. The molecule has 1 aromatic rings. The fraction of sp³-hybridized carbons (Fsp3) is 0.522. The number of esters is 2. The van der Waals surface area contributed by atoms with Crippen LogP contribution in [0.4, 0.5) is 0 Å². The van der Waals surface area contributed by atoms with E-state index in [0.717, 1.165) is 11.3 Å². The van der Waals surface area contributed by atoms with Gasteiger partial charge in [0.05, 0.1) is 13.2 Å². The van der Waals surface area contributed by atoms with Gasteiger partial charge in [-0.3, -0.25) is 4.79 Å². The summed E-state index contributed by atoms with van der Waals surface area (Å²) in [5.74, 6) is -1.77. The molecule has 0 aliphatic carbocycles. The van der Waals surface area contributed by atoms with Gasteiger partial charge in [0, 0.05) is 5.69 Å².